The zero-order valence-corrected chi connectivity index (χ0v) is 10.1. The van der Waals surface area contributed by atoms with Crippen LogP contribution in [-0.2, 0) is 0 Å². The van der Waals surface area contributed by atoms with Gasteiger partial charge in [0.2, 0.25) is 0 Å². The van der Waals surface area contributed by atoms with E-state index in [1.165, 1.54) is 0 Å². The van der Waals surface area contributed by atoms with Gasteiger partial charge in [-0.15, -0.1) is 0 Å². The van der Waals surface area contributed by atoms with Crippen LogP contribution < -0.4 is 10.6 Å². The predicted molar refractivity (Wildman–Crippen MR) is 70.2 cm³/mol. The summed E-state index contributed by atoms with van der Waals surface area (Å²) in [5.74, 6) is 0. The molecule has 0 aromatic heterocycles. The summed E-state index contributed by atoms with van der Waals surface area (Å²) in [5, 5.41) is 16.5. The number of hydrogen-bond donors (Lipinski definition) is 3. The van der Waals surface area contributed by atoms with Gasteiger partial charge in [-0.3, -0.25) is 4.90 Å². The second-order valence-electron chi connectivity index (χ2n) is 4.45. The number of para-hydroxylation sites is 1. The summed E-state index contributed by atoms with van der Waals surface area (Å²) in [6.07, 6.45) is -0.312. The fourth-order valence-electron chi connectivity index (χ4n) is 2.05. The lowest BCUT2D eigenvalue weighted by Gasteiger charge is -2.29. The van der Waals surface area contributed by atoms with Crippen LogP contribution in [0.4, 0.5) is 5.69 Å². The van der Waals surface area contributed by atoms with Crippen molar-refractivity contribution in [3.05, 3.63) is 30.3 Å². The molecule has 1 aromatic carbocycles. The first-order valence-electron chi connectivity index (χ1n) is 6.24. The van der Waals surface area contributed by atoms with Crippen LogP contribution >= 0.6 is 0 Å². The Morgan fingerprint density at radius 3 is 2.65 bits per heavy atom. The average Bonchev–Trinajstić information content (AvgIpc) is 2.39. The molecule has 0 amide bonds. The number of rotatable bonds is 5. The molecule has 0 bridgehead atoms. The summed E-state index contributed by atoms with van der Waals surface area (Å²) in [4.78, 5) is 2.30. The number of aliphatic hydroxyl groups is 1. The normalized spacial score (nSPS) is 18.9. The van der Waals surface area contributed by atoms with Crippen molar-refractivity contribution in [1.82, 2.24) is 10.2 Å². The van der Waals surface area contributed by atoms with Crippen LogP contribution in [0.3, 0.4) is 0 Å². The van der Waals surface area contributed by atoms with E-state index < -0.39 is 0 Å². The number of nitrogens with one attached hydrogen (secondary N) is 2. The molecule has 1 fully saturated rings. The van der Waals surface area contributed by atoms with Crippen LogP contribution in [0.2, 0.25) is 0 Å². The van der Waals surface area contributed by atoms with Crippen molar-refractivity contribution in [3.63, 3.8) is 0 Å². The maximum atomic E-state index is 9.94. The summed E-state index contributed by atoms with van der Waals surface area (Å²) >= 11 is 0. The lowest BCUT2D eigenvalue weighted by Crippen LogP contribution is -2.47. The number of piperazine rings is 1. The molecule has 4 heteroatoms. The molecule has 1 atom stereocenters. The van der Waals surface area contributed by atoms with Gasteiger partial charge in [0.05, 0.1) is 6.10 Å². The molecule has 17 heavy (non-hydrogen) atoms. The summed E-state index contributed by atoms with van der Waals surface area (Å²) in [6.45, 7) is 5.47. The number of benzene rings is 1. The van der Waals surface area contributed by atoms with Crippen LogP contribution in [0.15, 0.2) is 30.3 Å². The van der Waals surface area contributed by atoms with E-state index in [-0.39, 0.29) is 6.10 Å². The highest BCUT2D eigenvalue weighted by Gasteiger charge is 2.13. The third kappa shape index (κ3) is 4.34. The van der Waals surface area contributed by atoms with E-state index in [4.69, 9.17) is 0 Å². The van der Waals surface area contributed by atoms with Gasteiger partial charge in [-0.2, -0.15) is 0 Å². The highest BCUT2D eigenvalue weighted by Crippen LogP contribution is 2.05. The van der Waals surface area contributed by atoms with E-state index in [2.05, 4.69) is 15.5 Å². The van der Waals surface area contributed by atoms with E-state index in [0.717, 1.165) is 38.4 Å². The lowest BCUT2D eigenvalue weighted by molar-refractivity contribution is 0.114. The smallest absolute Gasteiger partial charge is 0.0839 e. The van der Waals surface area contributed by atoms with Gasteiger partial charge in [-0.1, -0.05) is 18.2 Å². The monoisotopic (exact) mass is 235 g/mol. The molecule has 4 nitrogen and oxygen atoms in total. The second-order valence-corrected chi connectivity index (χ2v) is 4.45. The molecule has 1 saturated heterocycles. The number of nitrogens with zero attached hydrogens (tertiary/aromatic N) is 1. The van der Waals surface area contributed by atoms with Crippen LogP contribution in [0.1, 0.15) is 0 Å². The minimum atomic E-state index is -0.312. The molecule has 0 aliphatic carbocycles. The van der Waals surface area contributed by atoms with Crippen molar-refractivity contribution in [3.8, 4) is 0 Å². The molecule has 2 rings (SSSR count). The topological polar surface area (TPSA) is 47.5 Å². The Kier molecular flexibility index (Phi) is 4.79. The SMILES string of the molecule is OC(CNc1ccccc1)CN1CCNCC1. The molecule has 94 valence electrons. The Morgan fingerprint density at radius 2 is 1.94 bits per heavy atom. The molecule has 0 spiro atoms. The third-order valence-corrected chi connectivity index (χ3v) is 2.99. The maximum Gasteiger partial charge on any atom is 0.0839 e. The zero-order chi connectivity index (χ0) is 11.9. The van der Waals surface area contributed by atoms with Gasteiger partial charge in [-0.05, 0) is 12.1 Å². The minimum Gasteiger partial charge on any atom is -0.390 e. The minimum absolute atomic E-state index is 0.312. The van der Waals surface area contributed by atoms with Crippen molar-refractivity contribution in [2.45, 2.75) is 6.10 Å². The molecule has 1 aromatic rings. The Morgan fingerprint density at radius 1 is 1.24 bits per heavy atom. The Balaban J connectivity index is 1.68. The van der Waals surface area contributed by atoms with E-state index in [0.29, 0.717) is 6.54 Å². The van der Waals surface area contributed by atoms with Crippen LogP contribution in [0.25, 0.3) is 0 Å². The van der Waals surface area contributed by atoms with Crippen molar-refractivity contribution in [2.24, 2.45) is 0 Å². The first-order chi connectivity index (χ1) is 8.34. The first-order valence-corrected chi connectivity index (χ1v) is 6.24. The molecule has 1 heterocycles. The Hall–Kier alpha value is -1.10. The molecule has 3 N–H and O–H groups in total. The fraction of sp³-hybridized carbons (Fsp3) is 0.538. The first kappa shape index (κ1) is 12.4. The fourth-order valence-corrected chi connectivity index (χ4v) is 2.05. The number of aliphatic hydroxyl groups excluding tert-OH is 1. The molecule has 1 aliphatic rings. The third-order valence-electron chi connectivity index (χ3n) is 2.99. The van der Waals surface area contributed by atoms with Gasteiger partial charge in [0.1, 0.15) is 0 Å². The summed E-state index contributed by atoms with van der Waals surface area (Å²) in [6, 6.07) is 9.99. The highest BCUT2D eigenvalue weighted by molar-refractivity contribution is 5.42. The van der Waals surface area contributed by atoms with Crippen molar-refractivity contribution < 1.29 is 5.11 Å². The molecule has 1 aliphatic heterocycles. The van der Waals surface area contributed by atoms with E-state index in [1.807, 2.05) is 30.3 Å². The zero-order valence-electron chi connectivity index (χ0n) is 10.1. The molecular formula is C13H21N3O. The summed E-state index contributed by atoms with van der Waals surface area (Å²) in [7, 11) is 0. The van der Waals surface area contributed by atoms with Gasteiger partial charge in [0.25, 0.3) is 0 Å². The highest BCUT2D eigenvalue weighted by atomic mass is 16.3. The number of anilines is 1. The average molecular weight is 235 g/mol. The quantitative estimate of drug-likeness (QED) is 0.690. The van der Waals surface area contributed by atoms with E-state index in [9.17, 15) is 5.11 Å². The maximum absolute atomic E-state index is 9.94. The predicted octanol–water partition coefficient (Wildman–Crippen LogP) is 0.365. The van der Waals surface area contributed by atoms with Gasteiger partial charge in [0, 0.05) is 45.0 Å². The van der Waals surface area contributed by atoms with E-state index >= 15 is 0 Å². The molecule has 0 saturated carbocycles. The summed E-state index contributed by atoms with van der Waals surface area (Å²) < 4.78 is 0. The van der Waals surface area contributed by atoms with Crippen LogP contribution in [0, 0.1) is 0 Å². The van der Waals surface area contributed by atoms with Crippen molar-refractivity contribution in [1.29, 1.82) is 0 Å². The van der Waals surface area contributed by atoms with Gasteiger partial charge >= 0.3 is 0 Å². The largest absolute Gasteiger partial charge is 0.390 e. The molecule has 1 unspecified atom stereocenters. The van der Waals surface area contributed by atoms with Crippen molar-refractivity contribution >= 4 is 5.69 Å². The van der Waals surface area contributed by atoms with Crippen LogP contribution in [-0.4, -0.2) is 55.4 Å². The van der Waals surface area contributed by atoms with E-state index in [1.54, 1.807) is 0 Å². The molecule has 0 radical (unpaired) electrons. The molecular weight excluding hydrogens is 214 g/mol. The second kappa shape index (κ2) is 6.59. The van der Waals surface area contributed by atoms with Gasteiger partial charge in [0.15, 0.2) is 0 Å². The standard InChI is InChI=1S/C13H21N3O/c17-13(11-16-8-6-14-7-9-16)10-15-12-4-2-1-3-5-12/h1-5,13-15,17H,6-11H2. The number of hydrogen-bond acceptors (Lipinski definition) is 4. The Bertz CT molecular complexity index is 312. The number of β-amino-alcohol motifs (C(OH)–C–C–N with tert-alkyl or cyclic N) is 1. The van der Waals surface area contributed by atoms with Crippen LogP contribution in [0.5, 0.6) is 0 Å². The summed E-state index contributed by atoms with van der Waals surface area (Å²) in [5.41, 5.74) is 1.06. The van der Waals surface area contributed by atoms with Gasteiger partial charge < -0.3 is 15.7 Å². The Labute approximate surface area is 103 Å². The lowest BCUT2D eigenvalue weighted by atomic mass is 10.2. The van der Waals surface area contributed by atoms with Crippen molar-refractivity contribution in [2.75, 3.05) is 44.6 Å². The van der Waals surface area contributed by atoms with Gasteiger partial charge in [-0.25, -0.2) is 0 Å².